The number of para-hydroxylation sites is 1. The van der Waals surface area contributed by atoms with E-state index in [0.29, 0.717) is 0 Å². The molecule has 1 aliphatic rings. The van der Waals surface area contributed by atoms with Crippen molar-refractivity contribution in [1.29, 1.82) is 0 Å². The number of hydrogen-bond acceptors (Lipinski definition) is 4. The smallest absolute Gasteiger partial charge is 0.165 e. The lowest BCUT2D eigenvalue weighted by Crippen LogP contribution is -2.45. The Hall–Kier alpha value is -2.04. The average molecular weight is 340 g/mol. The molecule has 1 fully saturated rings. The van der Waals surface area contributed by atoms with Crippen molar-refractivity contribution in [3.63, 3.8) is 0 Å². The molecule has 0 aliphatic carbocycles. The van der Waals surface area contributed by atoms with Gasteiger partial charge in [-0.25, -0.2) is 0 Å². The lowest BCUT2D eigenvalue weighted by molar-refractivity contribution is 0.121. The zero-order valence-electron chi connectivity index (χ0n) is 15.5. The first kappa shape index (κ1) is 17.8. The number of ether oxygens (including phenoxy) is 2. The van der Waals surface area contributed by atoms with Gasteiger partial charge < -0.3 is 9.47 Å². The summed E-state index contributed by atoms with van der Waals surface area (Å²) in [6.45, 7) is 8.49. The second-order valence-corrected chi connectivity index (χ2v) is 6.63. The molecule has 0 amide bonds. The van der Waals surface area contributed by atoms with Crippen molar-refractivity contribution in [2.24, 2.45) is 0 Å². The molecule has 0 N–H and O–H groups in total. The van der Waals surface area contributed by atoms with Crippen LogP contribution in [-0.4, -0.2) is 50.2 Å². The van der Waals surface area contributed by atoms with E-state index in [1.165, 1.54) is 16.7 Å². The van der Waals surface area contributed by atoms with Crippen LogP contribution in [0.2, 0.25) is 0 Å². The molecule has 0 aromatic heterocycles. The Bertz CT molecular complexity index is 694. The number of hydrogen-bond donors (Lipinski definition) is 0. The first-order valence-electron chi connectivity index (χ1n) is 8.90. The summed E-state index contributed by atoms with van der Waals surface area (Å²) in [7, 11) is 3.40. The van der Waals surface area contributed by atoms with E-state index in [1.54, 1.807) is 14.2 Å². The Balaban J connectivity index is 1.57. The zero-order chi connectivity index (χ0) is 17.6. The van der Waals surface area contributed by atoms with Crippen molar-refractivity contribution in [3.05, 3.63) is 59.2 Å². The quantitative estimate of drug-likeness (QED) is 0.805. The van der Waals surface area contributed by atoms with Crippen LogP contribution in [0.1, 0.15) is 16.7 Å². The van der Waals surface area contributed by atoms with E-state index in [1.807, 2.05) is 12.1 Å². The van der Waals surface area contributed by atoms with E-state index < -0.39 is 0 Å². The molecule has 4 heteroatoms. The summed E-state index contributed by atoms with van der Waals surface area (Å²) in [6.07, 6.45) is 0. The van der Waals surface area contributed by atoms with Gasteiger partial charge in [0.15, 0.2) is 11.5 Å². The van der Waals surface area contributed by atoms with Crippen LogP contribution in [0.25, 0.3) is 0 Å². The maximum absolute atomic E-state index is 5.56. The second-order valence-electron chi connectivity index (χ2n) is 6.63. The molecule has 4 nitrogen and oxygen atoms in total. The zero-order valence-corrected chi connectivity index (χ0v) is 15.5. The summed E-state index contributed by atoms with van der Waals surface area (Å²) in [4.78, 5) is 5.04. The van der Waals surface area contributed by atoms with Crippen LogP contribution >= 0.6 is 0 Å². The van der Waals surface area contributed by atoms with Gasteiger partial charge in [-0.05, 0) is 24.1 Å². The Morgan fingerprint density at radius 2 is 1.36 bits per heavy atom. The molecule has 0 spiro atoms. The summed E-state index contributed by atoms with van der Waals surface area (Å²) in [6, 6.07) is 14.8. The predicted octanol–water partition coefficient (Wildman–Crippen LogP) is 3.33. The molecule has 1 aliphatic heterocycles. The lowest BCUT2D eigenvalue weighted by Gasteiger charge is -2.35. The third kappa shape index (κ3) is 4.33. The van der Waals surface area contributed by atoms with Crippen LogP contribution in [0.5, 0.6) is 11.5 Å². The molecule has 0 radical (unpaired) electrons. The largest absolute Gasteiger partial charge is 0.493 e. The first-order chi connectivity index (χ1) is 12.2. The van der Waals surface area contributed by atoms with E-state index in [9.17, 15) is 0 Å². The van der Waals surface area contributed by atoms with Gasteiger partial charge in [-0.1, -0.05) is 36.4 Å². The minimum Gasteiger partial charge on any atom is -0.493 e. The van der Waals surface area contributed by atoms with Crippen molar-refractivity contribution >= 4 is 0 Å². The summed E-state index contributed by atoms with van der Waals surface area (Å²) in [5.74, 6) is 1.66. The van der Waals surface area contributed by atoms with Gasteiger partial charge in [0.05, 0.1) is 14.2 Å². The van der Waals surface area contributed by atoms with Crippen LogP contribution in [0.4, 0.5) is 0 Å². The fourth-order valence-electron chi connectivity index (χ4n) is 3.45. The normalized spacial score (nSPS) is 16.0. The molecular weight excluding hydrogens is 312 g/mol. The highest BCUT2D eigenvalue weighted by molar-refractivity contribution is 5.46. The highest BCUT2D eigenvalue weighted by Gasteiger charge is 2.19. The maximum Gasteiger partial charge on any atom is 0.165 e. The summed E-state index contributed by atoms with van der Waals surface area (Å²) in [5.41, 5.74) is 4.01. The Labute approximate surface area is 151 Å². The predicted molar refractivity (Wildman–Crippen MR) is 101 cm³/mol. The number of nitrogens with zero attached hydrogens (tertiary/aromatic N) is 2. The van der Waals surface area contributed by atoms with E-state index in [2.05, 4.69) is 47.1 Å². The standard InChI is InChI=1S/C21H28N2O2/c1-17-7-4-5-8-18(17)15-22-11-13-23(14-12-22)16-19-9-6-10-20(24-2)21(19)25-3/h4-10H,11-16H2,1-3H3. The van der Waals surface area contributed by atoms with Crippen LogP contribution in [0.3, 0.4) is 0 Å². The number of rotatable bonds is 6. The Morgan fingerprint density at radius 3 is 1.96 bits per heavy atom. The van der Waals surface area contributed by atoms with Crippen molar-refractivity contribution in [2.75, 3.05) is 40.4 Å². The number of methoxy groups -OCH3 is 2. The lowest BCUT2D eigenvalue weighted by atomic mass is 10.1. The minimum absolute atomic E-state index is 0.804. The Kier molecular flexibility index (Phi) is 5.95. The van der Waals surface area contributed by atoms with Crippen LogP contribution < -0.4 is 9.47 Å². The van der Waals surface area contributed by atoms with E-state index in [0.717, 1.165) is 50.8 Å². The van der Waals surface area contributed by atoms with Gasteiger partial charge in [0.25, 0.3) is 0 Å². The van der Waals surface area contributed by atoms with Gasteiger partial charge in [-0.2, -0.15) is 0 Å². The minimum atomic E-state index is 0.804. The van der Waals surface area contributed by atoms with Crippen LogP contribution in [0.15, 0.2) is 42.5 Å². The van der Waals surface area contributed by atoms with Gasteiger partial charge in [0, 0.05) is 44.8 Å². The number of piperazine rings is 1. The third-order valence-corrected chi connectivity index (χ3v) is 5.00. The number of benzene rings is 2. The molecule has 1 heterocycles. The fraction of sp³-hybridized carbons (Fsp3) is 0.429. The Morgan fingerprint density at radius 1 is 0.760 bits per heavy atom. The highest BCUT2D eigenvalue weighted by Crippen LogP contribution is 2.31. The molecule has 0 atom stereocenters. The molecule has 2 aromatic rings. The fourth-order valence-corrected chi connectivity index (χ4v) is 3.45. The maximum atomic E-state index is 5.56. The first-order valence-corrected chi connectivity index (χ1v) is 8.90. The van der Waals surface area contributed by atoms with Crippen LogP contribution in [0, 0.1) is 6.92 Å². The van der Waals surface area contributed by atoms with E-state index in [4.69, 9.17) is 9.47 Å². The molecular formula is C21H28N2O2. The summed E-state index contributed by atoms with van der Waals surface area (Å²) < 4.78 is 11.0. The van der Waals surface area contributed by atoms with Gasteiger partial charge in [0.2, 0.25) is 0 Å². The molecule has 1 saturated heterocycles. The molecule has 2 aromatic carbocycles. The molecule has 0 bridgehead atoms. The molecule has 25 heavy (non-hydrogen) atoms. The van der Waals surface area contributed by atoms with Crippen LogP contribution in [-0.2, 0) is 13.1 Å². The van der Waals surface area contributed by atoms with E-state index in [-0.39, 0.29) is 0 Å². The number of aryl methyl sites for hydroxylation is 1. The van der Waals surface area contributed by atoms with Crippen molar-refractivity contribution in [2.45, 2.75) is 20.0 Å². The molecule has 3 rings (SSSR count). The molecule has 0 unspecified atom stereocenters. The average Bonchev–Trinajstić information content (AvgIpc) is 2.65. The van der Waals surface area contributed by atoms with Crippen molar-refractivity contribution < 1.29 is 9.47 Å². The monoisotopic (exact) mass is 340 g/mol. The molecule has 0 saturated carbocycles. The van der Waals surface area contributed by atoms with Gasteiger partial charge in [-0.15, -0.1) is 0 Å². The van der Waals surface area contributed by atoms with E-state index >= 15 is 0 Å². The van der Waals surface area contributed by atoms with Crippen molar-refractivity contribution in [1.82, 2.24) is 9.80 Å². The summed E-state index contributed by atoms with van der Waals surface area (Å²) >= 11 is 0. The third-order valence-electron chi connectivity index (χ3n) is 5.00. The highest BCUT2D eigenvalue weighted by atomic mass is 16.5. The van der Waals surface area contributed by atoms with Gasteiger partial charge in [0.1, 0.15) is 0 Å². The van der Waals surface area contributed by atoms with Gasteiger partial charge >= 0.3 is 0 Å². The SMILES string of the molecule is COc1cccc(CN2CCN(Cc3ccccc3C)CC2)c1OC. The summed E-state index contributed by atoms with van der Waals surface area (Å²) in [5, 5.41) is 0. The topological polar surface area (TPSA) is 24.9 Å². The van der Waals surface area contributed by atoms with Gasteiger partial charge in [-0.3, -0.25) is 9.80 Å². The molecule has 134 valence electrons. The van der Waals surface area contributed by atoms with Crippen molar-refractivity contribution in [3.8, 4) is 11.5 Å². The second kappa shape index (κ2) is 8.37.